The number of benzene rings is 1. The Labute approximate surface area is 94.5 Å². The van der Waals surface area contributed by atoms with Gasteiger partial charge in [-0.05, 0) is 0 Å². The Kier molecular flexibility index (Phi) is 2.99. The number of aryl methyl sites for hydroxylation is 1. The van der Waals surface area contributed by atoms with E-state index >= 15 is 0 Å². The van der Waals surface area contributed by atoms with Gasteiger partial charge in [-0.1, -0.05) is 0 Å². The molecule has 0 saturated heterocycles. The predicted molar refractivity (Wildman–Crippen MR) is 52.7 cm³/mol. The molecule has 0 amide bonds. The van der Waals surface area contributed by atoms with Crippen molar-refractivity contribution in [1.29, 1.82) is 0 Å². The molecule has 0 aliphatic rings. The van der Waals surface area contributed by atoms with E-state index in [2.05, 4.69) is 15.5 Å². The summed E-state index contributed by atoms with van der Waals surface area (Å²) in [4.78, 5) is 0. The summed E-state index contributed by atoms with van der Waals surface area (Å²) in [6.45, 7) is 1.55. The highest BCUT2D eigenvalue weighted by Crippen LogP contribution is 2.20. The molecule has 1 aromatic heterocycles. The molecule has 7 heteroatoms. The van der Waals surface area contributed by atoms with Crippen LogP contribution < -0.4 is 5.32 Å². The first-order valence-electron chi connectivity index (χ1n) is 4.73. The number of halogens is 3. The van der Waals surface area contributed by atoms with Crippen molar-refractivity contribution in [3.05, 3.63) is 41.4 Å². The van der Waals surface area contributed by atoms with Gasteiger partial charge in [-0.15, -0.1) is 10.2 Å². The molecular weight excluding hydrogens is 235 g/mol. The van der Waals surface area contributed by atoms with Crippen molar-refractivity contribution in [3.8, 4) is 0 Å². The second-order valence-electron chi connectivity index (χ2n) is 3.31. The van der Waals surface area contributed by atoms with Crippen LogP contribution in [0, 0.1) is 24.4 Å². The Hall–Kier alpha value is -2.05. The van der Waals surface area contributed by atoms with Gasteiger partial charge >= 0.3 is 0 Å². The highest BCUT2D eigenvalue weighted by Gasteiger charge is 2.12. The van der Waals surface area contributed by atoms with Crippen LogP contribution in [0.2, 0.25) is 0 Å². The minimum absolute atomic E-state index is 0.0414. The molecule has 1 aromatic carbocycles. The van der Waals surface area contributed by atoms with Crippen LogP contribution in [-0.2, 0) is 6.54 Å². The highest BCUT2D eigenvalue weighted by atomic mass is 19.1. The fourth-order valence-corrected chi connectivity index (χ4v) is 1.28. The van der Waals surface area contributed by atoms with Crippen molar-refractivity contribution < 1.29 is 17.6 Å². The van der Waals surface area contributed by atoms with Gasteiger partial charge in [0.2, 0.25) is 11.8 Å². The minimum Gasteiger partial charge on any atom is -0.424 e. The van der Waals surface area contributed by atoms with E-state index < -0.39 is 23.1 Å². The summed E-state index contributed by atoms with van der Waals surface area (Å²) >= 11 is 0. The minimum atomic E-state index is -1.02. The Morgan fingerprint density at radius 3 is 2.35 bits per heavy atom. The van der Waals surface area contributed by atoms with Crippen LogP contribution in [0.25, 0.3) is 0 Å². The molecule has 0 spiro atoms. The van der Waals surface area contributed by atoms with Gasteiger partial charge in [0, 0.05) is 19.1 Å². The van der Waals surface area contributed by atoms with Crippen LogP contribution in [0.5, 0.6) is 0 Å². The number of rotatable bonds is 3. The van der Waals surface area contributed by atoms with Crippen LogP contribution in [0.3, 0.4) is 0 Å². The summed E-state index contributed by atoms with van der Waals surface area (Å²) in [5.41, 5.74) is -0.428. The first kappa shape index (κ1) is 11.4. The molecule has 2 aromatic rings. The van der Waals surface area contributed by atoms with E-state index in [0.717, 1.165) is 0 Å². The highest BCUT2D eigenvalue weighted by molar-refractivity contribution is 5.46. The van der Waals surface area contributed by atoms with Crippen molar-refractivity contribution in [3.63, 3.8) is 0 Å². The number of hydrogen-bond donors (Lipinski definition) is 1. The van der Waals surface area contributed by atoms with Crippen LogP contribution >= 0.6 is 0 Å². The summed E-state index contributed by atoms with van der Waals surface area (Å²) in [5.74, 6) is -2.47. The molecule has 0 aliphatic carbocycles. The standard InChI is InChI=1S/C10H8F3N3O/c1-5-15-16-9(17-5)4-14-10-7(12)2-6(11)3-8(10)13/h2-3,14H,4H2,1H3. The third-order valence-electron chi connectivity index (χ3n) is 1.99. The topological polar surface area (TPSA) is 51.0 Å². The van der Waals surface area contributed by atoms with Crippen LogP contribution in [0.15, 0.2) is 16.5 Å². The zero-order chi connectivity index (χ0) is 12.4. The predicted octanol–water partition coefficient (Wildman–Crippen LogP) is 2.41. The Morgan fingerprint density at radius 1 is 1.18 bits per heavy atom. The molecule has 0 fully saturated rings. The normalized spacial score (nSPS) is 10.6. The van der Waals surface area contributed by atoms with Crippen molar-refractivity contribution in [2.24, 2.45) is 0 Å². The third kappa shape index (κ3) is 2.55. The van der Waals surface area contributed by atoms with Crippen molar-refractivity contribution >= 4 is 5.69 Å². The fourth-order valence-electron chi connectivity index (χ4n) is 1.28. The smallest absolute Gasteiger partial charge is 0.235 e. The van der Waals surface area contributed by atoms with Crippen molar-refractivity contribution in [2.75, 3.05) is 5.32 Å². The van der Waals surface area contributed by atoms with Gasteiger partial charge in [0.1, 0.15) is 11.5 Å². The SMILES string of the molecule is Cc1nnc(CNc2c(F)cc(F)cc2F)o1. The summed E-state index contributed by atoms with van der Waals surface area (Å²) in [6.07, 6.45) is 0. The molecule has 0 atom stereocenters. The molecule has 1 N–H and O–H groups in total. The summed E-state index contributed by atoms with van der Waals surface area (Å²) in [5, 5.41) is 9.62. The maximum atomic E-state index is 13.2. The van der Waals surface area contributed by atoms with Gasteiger partial charge in [-0.25, -0.2) is 13.2 Å². The quantitative estimate of drug-likeness (QED) is 0.899. The first-order valence-corrected chi connectivity index (χ1v) is 4.73. The molecule has 0 unspecified atom stereocenters. The van der Waals surface area contributed by atoms with E-state index in [4.69, 9.17) is 4.42 Å². The van der Waals surface area contributed by atoms with E-state index in [1.54, 1.807) is 6.92 Å². The number of nitrogens with zero attached hydrogens (tertiary/aromatic N) is 2. The zero-order valence-electron chi connectivity index (χ0n) is 8.80. The van der Waals surface area contributed by atoms with Gasteiger partial charge in [0.05, 0.1) is 6.54 Å². The van der Waals surface area contributed by atoms with E-state index in [0.29, 0.717) is 18.0 Å². The molecule has 17 heavy (non-hydrogen) atoms. The van der Waals surface area contributed by atoms with E-state index in [9.17, 15) is 13.2 Å². The largest absolute Gasteiger partial charge is 0.424 e. The lowest BCUT2D eigenvalue weighted by Gasteiger charge is -2.06. The van der Waals surface area contributed by atoms with Gasteiger partial charge < -0.3 is 9.73 Å². The second kappa shape index (κ2) is 4.44. The number of hydrogen-bond acceptors (Lipinski definition) is 4. The maximum absolute atomic E-state index is 13.2. The zero-order valence-corrected chi connectivity index (χ0v) is 8.80. The molecule has 0 aliphatic heterocycles. The second-order valence-corrected chi connectivity index (χ2v) is 3.31. The molecule has 0 saturated carbocycles. The molecule has 4 nitrogen and oxygen atoms in total. The van der Waals surface area contributed by atoms with Crippen LogP contribution in [0.4, 0.5) is 18.9 Å². The van der Waals surface area contributed by atoms with Gasteiger partial charge in [0.25, 0.3) is 0 Å². The molecule has 0 bridgehead atoms. The number of nitrogens with one attached hydrogen (secondary N) is 1. The first-order chi connectivity index (χ1) is 8.06. The number of anilines is 1. The maximum Gasteiger partial charge on any atom is 0.235 e. The Bertz CT molecular complexity index is 518. The van der Waals surface area contributed by atoms with Crippen molar-refractivity contribution in [2.45, 2.75) is 13.5 Å². The molecule has 90 valence electrons. The molecule has 0 radical (unpaired) electrons. The van der Waals surface area contributed by atoms with Crippen LogP contribution in [0.1, 0.15) is 11.8 Å². The Balaban J connectivity index is 2.14. The van der Waals surface area contributed by atoms with E-state index in [1.807, 2.05) is 0 Å². The summed E-state index contributed by atoms with van der Waals surface area (Å²) < 4.78 is 44.1. The average molecular weight is 243 g/mol. The Morgan fingerprint density at radius 2 is 1.82 bits per heavy atom. The number of aromatic nitrogens is 2. The fraction of sp³-hybridized carbons (Fsp3) is 0.200. The lowest BCUT2D eigenvalue weighted by atomic mass is 10.3. The van der Waals surface area contributed by atoms with Gasteiger partial charge in [0.15, 0.2) is 11.6 Å². The van der Waals surface area contributed by atoms with E-state index in [-0.39, 0.29) is 12.4 Å². The third-order valence-corrected chi connectivity index (χ3v) is 1.99. The monoisotopic (exact) mass is 243 g/mol. The molecular formula is C10H8F3N3O. The molecule has 1 heterocycles. The molecule has 2 rings (SSSR count). The van der Waals surface area contributed by atoms with Crippen molar-refractivity contribution in [1.82, 2.24) is 10.2 Å². The van der Waals surface area contributed by atoms with Crippen LogP contribution in [-0.4, -0.2) is 10.2 Å². The van der Waals surface area contributed by atoms with Gasteiger partial charge in [-0.3, -0.25) is 0 Å². The van der Waals surface area contributed by atoms with E-state index in [1.165, 1.54) is 0 Å². The summed E-state index contributed by atoms with van der Waals surface area (Å²) in [7, 11) is 0. The average Bonchev–Trinajstić information content (AvgIpc) is 2.62. The lowest BCUT2D eigenvalue weighted by molar-refractivity contribution is 0.473. The lowest BCUT2D eigenvalue weighted by Crippen LogP contribution is -2.04. The van der Waals surface area contributed by atoms with Gasteiger partial charge in [-0.2, -0.15) is 0 Å². The summed E-state index contributed by atoms with van der Waals surface area (Å²) in [6, 6.07) is 1.18.